The number of carbonyl (C=O) groups excluding carboxylic acids is 2. The van der Waals surface area contributed by atoms with E-state index in [1.165, 1.54) is 37.0 Å². The van der Waals surface area contributed by atoms with Crippen LogP contribution >= 0.6 is 43.2 Å². The summed E-state index contributed by atoms with van der Waals surface area (Å²) < 4.78 is 26.2. The van der Waals surface area contributed by atoms with Gasteiger partial charge in [-0.05, 0) is 57.5 Å². The minimum atomic E-state index is -0.810. The standard InChI is InChI=1S/C33H54Br2O6S/c1-5-9-13-15-19-25(17-11-7-3)31(36)40-23-33(21-38-27-28(39-22-33)30(35)42-29(27)34)24-41-32(37)26(18-12-8-4)20-16-14-10-6-2/h25-26H,5-24H2,1-4H3. The molecule has 0 aromatic carbocycles. The molecular weight excluding hydrogens is 684 g/mol. The highest BCUT2D eigenvalue weighted by Gasteiger charge is 2.41. The number of hydrogen-bond acceptors (Lipinski definition) is 7. The molecular formula is C33H54Br2O6S. The summed E-state index contributed by atoms with van der Waals surface area (Å²) in [4.78, 5) is 26.7. The number of thiophene rings is 1. The lowest BCUT2D eigenvalue weighted by Gasteiger charge is -2.31. The van der Waals surface area contributed by atoms with Crippen LogP contribution in [0.1, 0.15) is 130 Å². The van der Waals surface area contributed by atoms with Gasteiger partial charge in [-0.3, -0.25) is 9.59 Å². The molecule has 0 fully saturated rings. The molecule has 2 heterocycles. The SMILES string of the molecule is CCCCCCC(CCCC)C(=O)OCC1(COC(=O)C(CCCC)CCCCCC)COc2c(Br)sc(Br)c2OC1. The largest absolute Gasteiger partial charge is 0.487 e. The molecule has 2 rings (SSSR count). The van der Waals surface area contributed by atoms with Gasteiger partial charge in [-0.2, -0.15) is 0 Å². The van der Waals surface area contributed by atoms with E-state index in [2.05, 4.69) is 59.6 Å². The predicted molar refractivity (Wildman–Crippen MR) is 179 cm³/mol. The first-order chi connectivity index (χ1) is 20.3. The van der Waals surface area contributed by atoms with Crippen molar-refractivity contribution in [1.29, 1.82) is 0 Å². The van der Waals surface area contributed by atoms with Gasteiger partial charge >= 0.3 is 11.9 Å². The predicted octanol–water partition coefficient (Wildman–Crippen LogP) is 10.7. The summed E-state index contributed by atoms with van der Waals surface area (Å²) in [6.07, 6.45) is 16.5. The van der Waals surface area contributed by atoms with Crippen LogP contribution in [-0.2, 0) is 19.1 Å². The zero-order valence-corrected chi connectivity index (χ0v) is 30.4. The molecule has 0 saturated carbocycles. The third kappa shape index (κ3) is 12.7. The van der Waals surface area contributed by atoms with Crippen LogP contribution in [0.3, 0.4) is 0 Å². The number of carbonyl (C=O) groups is 2. The fourth-order valence-corrected chi connectivity index (χ4v) is 8.13. The fraction of sp³-hybridized carbons (Fsp3) is 0.818. The van der Waals surface area contributed by atoms with Gasteiger partial charge in [0.15, 0.2) is 11.5 Å². The van der Waals surface area contributed by atoms with Crippen LogP contribution < -0.4 is 9.47 Å². The molecule has 0 N–H and O–H groups in total. The van der Waals surface area contributed by atoms with Crippen LogP contribution in [0.25, 0.3) is 0 Å². The van der Waals surface area contributed by atoms with Crippen LogP contribution in [0.5, 0.6) is 11.5 Å². The highest BCUT2D eigenvalue weighted by Crippen LogP contribution is 2.50. The Labute approximate surface area is 275 Å². The third-order valence-corrected chi connectivity index (χ3v) is 10.5. The Morgan fingerprint density at radius 2 is 1.05 bits per heavy atom. The second kappa shape index (κ2) is 21.0. The lowest BCUT2D eigenvalue weighted by molar-refractivity contribution is -0.162. The maximum atomic E-state index is 13.4. The van der Waals surface area contributed by atoms with Gasteiger partial charge in [0.25, 0.3) is 0 Å². The molecule has 2 unspecified atom stereocenters. The van der Waals surface area contributed by atoms with Crippen molar-refractivity contribution < 1.29 is 28.5 Å². The molecule has 0 radical (unpaired) electrons. The van der Waals surface area contributed by atoms with E-state index < -0.39 is 5.41 Å². The van der Waals surface area contributed by atoms with E-state index in [1.54, 1.807) is 0 Å². The Morgan fingerprint density at radius 3 is 1.43 bits per heavy atom. The fourth-order valence-electron chi connectivity index (χ4n) is 5.28. The molecule has 42 heavy (non-hydrogen) atoms. The van der Waals surface area contributed by atoms with Crippen molar-refractivity contribution in [2.45, 2.75) is 130 Å². The number of hydrogen-bond donors (Lipinski definition) is 0. The Morgan fingerprint density at radius 1 is 0.667 bits per heavy atom. The molecule has 2 atom stereocenters. The first-order valence-corrected chi connectivity index (χ1v) is 18.8. The zero-order chi connectivity index (χ0) is 30.8. The summed E-state index contributed by atoms with van der Waals surface area (Å²) >= 11 is 8.63. The summed E-state index contributed by atoms with van der Waals surface area (Å²) in [5.41, 5.74) is -0.810. The Bertz CT molecular complexity index is 850. The molecule has 0 amide bonds. The number of rotatable bonds is 22. The average molecular weight is 739 g/mol. The maximum absolute atomic E-state index is 13.4. The summed E-state index contributed by atoms with van der Waals surface area (Å²) in [5.74, 6) is 0.700. The molecule has 0 spiro atoms. The molecule has 9 heteroatoms. The molecule has 1 aliphatic rings. The smallest absolute Gasteiger partial charge is 0.308 e. The third-order valence-electron chi connectivity index (χ3n) is 8.12. The van der Waals surface area contributed by atoms with Gasteiger partial charge in [-0.25, -0.2) is 0 Å². The van der Waals surface area contributed by atoms with E-state index >= 15 is 0 Å². The summed E-state index contributed by atoms with van der Waals surface area (Å²) in [7, 11) is 0. The van der Waals surface area contributed by atoms with Gasteiger partial charge in [0.05, 0.1) is 11.8 Å². The van der Waals surface area contributed by atoms with Crippen LogP contribution in [-0.4, -0.2) is 38.4 Å². The van der Waals surface area contributed by atoms with Crippen LogP contribution in [0.4, 0.5) is 0 Å². The highest BCUT2D eigenvalue weighted by atomic mass is 79.9. The molecule has 242 valence electrons. The molecule has 0 aliphatic carbocycles. The van der Waals surface area contributed by atoms with Gasteiger partial charge in [0, 0.05) is 0 Å². The van der Waals surface area contributed by atoms with E-state index in [9.17, 15) is 9.59 Å². The van der Waals surface area contributed by atoms with E-state index in [4.69, 9.17) is 18.9 Å². The topological polar surface area (TPSA) is 71.1 Å². The summed E-state index contributed by atoms with van der Waals surface area (Å²) in [6, 6.07) is 0. The highest BCUT2D eigenvalue weighted by molar-refractivity contribution is 9.12. The lowest BCUT2D eigenvalue weighted by Crippen LogP contribution is -2.44. The van der Waals surface area contributed by atoms with Crippen molar-refractivity contribution in [3.05, 3.63) is 7.57 Å². The van der Waals surface area contributed by atoms with Crippen molar-refractivity contribution in [2.75, 3.05) is 26.4 Å². The first kappa shape index (κ1) is 37.4. The zero-order valence-electron chi connectivity index (χ0n) is 26.4. The molecule has 0 saturated heterocycles. The number of halogens is 2. The van der Waals surface area contributed by atoms with Gasteiger partial charge < -0.3 is 18.9 Å². The minimum Gasteiger partial charge on any atom is -0.487 e. The van der Waals surface area contributed by atoms with Crippen molar-refractivity contribution in [3.8, 4) is 11.5 Å². The van der Waals surface area contributed by atoms with E-state index in [-0.39, 0.29) is 50.2 Å². The van der Waals surface area contributed by atoms with E-state index in [0.29, 0.717) is 11.5 Å². The van der Waals surface area contributed by atoms with Gasteiger partial charge in [-0.15, -0.1) is 11.3 Å². The second-order valence-corrected chi connectivity index (χ2v) is 15.6. The molecule has 1 aliphatic heterocycles. The monoisotopic (exact) mass is 736 g/mol. The maximum Gasteiger partial charge on any atom is 0.308 e. The normalized spacial score (nSPS) is 15.6. The quantitative estimate of drug-likeness (QED) is 0.0871. The van der Waals surface area contributed by atoms with Crippen LogP contribution in [0.2, 0.25) is 0 Å². The Balaban J connectivity index is 2.14. The average Bonchev–Trinajstić information content (AvgIpc) is 3.13. The lowest BCUT2D eigenvalue weighted by atomic mass is 9.91. The molecule has 0 bridgehead atoms. The Hall–Kier alpha value is -0.800. The number of fused-ring (bicyclic) bond motifs is 1. The van der Waals surface area contributed by atoms with Crippen LogP contribution in [0, 0.1) is 17.3 Å². The van der Waals surface area contributed by atoms with Gasteiger partial charge in [0.1, 0.15) is 39.4 Å². The van der Waals surface area contributed by atoms with Gasteiger partial charge in [0.2, 0.25) is 0 Å². The second-order valence-electron chi connectivity index (χ2n) is 12.0. The van der Waals surface area contributed by atoms with Crippen molar-refractivity contribution in [3.63, 3.8) is 0 Å². The summed E-state index contributed by atoms with van der Waals surface area (Å²) in [5, 5.41) is 0. The van der Waals surface area contributed by atoms with E-state index in [1.807, 2.05) is 0 Å². The van der Waals surface area contributed by atoms with E-state index in [0.717, 1.165) is 84.6 Å². The van der Waals surface area contributed by atoms with Gasteiger partial charge in [-0.1, -0.05) is 105 Å². The number of ether oxygens (including phenoxy) is 4. The molecule has 1 aromatic heterocycles. The summed E-state index contributed by atoms with van der Waals surface area (Å²) in [6.45, 7) is 9.28. The Kier molecular flexibility index (Phi) is 18.7. The molecule has 6 nitrogen and oxygen atoms in total. The first-order valence-electron chi connectivity index (χ1n) is 16.4. The minimum absolute atomic E-state index is 0.0791. The van der Waals surface area contributed by atoms with Crippen LogP contribution in [0.15, 0.2) is 7.57 Å². The van der Waals surface area contributed by atoms with Crippen molar-refractivity contribution >= 4 is 55.1 Å². The number of esters is 2. The molecule has 1 aromatic rings. The van der Waals surface area contributed by atoms with Crippen molar-refractivity contribution in [1.82, 2.24) is 0 Å². The number of unbranched alkanes of at least 4 members (excludes halogenated alkanes) is 8. The van der Waals surface area contributed by atoms with Crippen molar-refractivity contribution in [2.24, 2.45) is 17.3 Å².